The van der Waals surface area contributed by atoms with Crippen molar-refractivity contribution in [1.29, 1.82) is 0 Å². The van der Waals surface area contributed by atoms with Crippen molar-refractivity contribution in [3.05, 3.63) is 65.2 Å². The number of nitrogens with one attached hydrogen (secondary N) is 1. The zero-order chi connectivity index (χ0) is 16.2. The van der Waals surface area contributed by atoms with Crippen LogP contribution in [-0.4, -0.2) is 5.91 Å². The summed E-state index contributed by atoms with van der Waals surface area (Å²) in [6.45, 7) is -0.0440. The van der Waals surface area contributed by atoms with Gasteiger partial charge in [0.2, 0.25) is 0 Å². The Morgan fingerprint density at radius 2 is 1.77 bits per heavy atom. The molecule has 2 rings (SSSR count). The molecule has 1 amide bonds. The lowest BCUT2D eigenvalue weighted by atomic mass is 10.1. The average Bonchev–Trinajstić information content (AvgIpc) is 2.51. The topological polar surface area (TPSA) is 64.3 Å². The van der Waals surface area contributed by atoms with Crippen LogP contribution < -0.4 is 16.0 Å². The van der Waals surface area contributed by atoms with Gasteiger partial charge in [0.05, 0.1) is 5.56 Å². The van der Waals surface area contributed by atoms with Crippen LogP contribution in [0.1, 0.15) is 21.5 Å². The highest BCUT2D eigenvalue weighted by Gasteiger charge is 2.38. The lowest BCUT2D eigenvalue weighted by Gasteiger charge is -2.17. The van der Waals surface area contributed by atoms with Crippen molar-refractivity contribution in [2.45, 2.75) is 12.8 Å². The predicted octanol–water partition coefficient (Wildman–Crippen LogP) is 2.89. The number of amides is 1. The van der Waals surface area contributed by atoms with Gasteiger partial charge >= 0.3 is 6.18 Å². The molecule has 0 bridgehead atoms. The summed E-state index contributed by atoms with van der Waals surface area (Å²) in [7, 11) is 0. The molecule has 0 spiro atoms. The smallest absolute Gasteiger partial charge is 0.420 e. The monoisotopic (exact) mass is 310 g/mol. The quantitative estimate of drug-likeness (QED) is 0.518. The molecule has 0 radical (unpaired) electrons. The van der Waals surface area contributed by atoms with Crippen molar-refractivity contribution in [1.82, 2.24) is 5.43 Å². The van der Waals surface area contributed by atoms with Gasteiger partial charge in [0.25, 0.3) is 5.91 Å². The van der Waals surface area contributed by atoms with Gasteiger partial charge in [0, 0.05) is 0 Å². The number of hydrogen-bond donors (Lipinski definition) is 2. The van der Waals surface area contributed by atoms with E-state index in [4.69, 9.17) is 10.6 Å². The molecule has 0 fully saturated rings. The highest BCUT2D eigenvalue weighted by Crippen LogP contribution is 2.39. The van der Waals surface area contributed by atoms with E-state index in [9.17, 15) is 18.0 Å². The second-order valence-corrected chi connectivity index (χ2v) is 4.42. The van der Waals surface area contributed by atoms with Crippen molar-refractivity contribution in [3.63, 3.8) is 0 Å². The third-order valence-corrected chi connectivity index (χ3v) is 2.92. The molecule has 0 aliphatic rings. The van der Waals surface area contributed by atoms with Crippen LogP contribution in [0, 0.1) is 0 Å². The van der Waals surface area contributed by atoms with Crippen LogP contribution in [0.4, 0.5) is 13.2 Å². The van der Waals surface area contributed by atoms with Crippen LogP contribution in [0.5, 0.6) is 5.75 Å². The number of hydrazine groups is 1. The molecule has 2 aromatic rings. The lowest BCUT2D eigenvalue weighted by Crippen LogP contribution is -2.32. The van der Waals surface area contributed by atoms with E-state index in [1.807, 2.05) is 0 Å². The lowest BCUT2D eigenvalue weighted by molar-refractivity contribution is -0.139. The second kappa shape index (κ2) is 6.48. The highest BCUT2D eigenvalue weighted by molar-refractivity contribution is 5.96. The van der Waals surface area contributed by atoms with Crippen molar-refractivity contribution < 1.29 is 22.7 Å². The molecule has 22 heavy (non-hydrogen) atoms. The first-order valence-corrected chi connectivity index (χ1v) is 6.31. The fraction of sp³-hybridized carbons (Fsp3) is 0.133. The van der Waals surface area contributed by atoms with Crippen molar-refractivity contribution in [2.75, 3.05) is 0 Å². The number of alkyl halides is 3. The fourth-order valence-corrected chi connectivity index (χ4v) is 1.95. The molecule has 4 nitrogen and oxygen atoms in total. The zero-order valence-corrected chi connectivity index (χ0v) is 11.4. The van der Waals surface area contributed by atoms with Gasteiger partial charge in [0.1, 0.15) is 17.9 Å². The van der Waals surface area contributed by atoms with Crippen LogP contribution in [0.15, 0.2) is 48.5 Å². The van der Waals surface area contributed by atoms with E-state index in [0.29, 0.717) is 5.56 Å². The molecular formula is C15H13F3N2O2. The van der Waals surface area contributed by atoms with E-state index in [0.717, 1.165) is 6.07 Å². The molecule has 0 atom stereocenters. The summed E-state index contributed by atoms with van der Waals surface area (Å²) < 4.78 is 44.9. The van der Waals surface area contributed by atoms with Crippen LogP contribution in [0.2, 0.25) is 0 Å². The van der Waals surface area contributed by atoms with E-state index in [2.05, 4.69) is 0 Å². The standard InChI is InChI=1S/C15H13F3N2O2/c16-15(17,18)13-11(14(21)20-19)7-4-8-12(13)22-9-10-5-2-1-3-6-10/h1-8H,9,19H2,(H,20,21). The highest BCUT2D eigenvalue weighted by atomic mass is 19.4. The average molecular weight is 310 g/mol. The summed E-state index contributed by atoms with van der Waals surface area (Å²) in [5.74, 6) is 3.47. The summed E-state index contributed by atoms with van der Waals surface area (Å²) in [4.78, 5) is 11.5. The Labute approximate surface area is 124 Å². The summed E-state index contributed by atoms with van der Waals surface area (Å²) in [5, 5.41) is 0. The number of nitrogens with two attached hydrogens (primary N) is 1. The van der Waals surface area contributed by atoms with E-state index < -0.39 is 29.0 Å². The first-order valence-electron chi connectivity index (χ1n) is 6.31. The van der Waals surface area contributed by atoms with Gasteiger partial charge < -0.3 is 4.74 Å². The third kappa shape index (κ3) is 3.56. The third-order valence-electron chi connectivity index (χ3n) is 2.92. The van der Waals surface area contributed by atoms with Gasteiger partial charge in [-0.2, -0.15) is 13.2 Å². The second-order valence-electron chi connectivity index (χ2n) is 4.42. The van der Waals surface area contributed by atoms with Crippen molar-refractivity contribution in [2.24, 2.45) is 5.84 Å². The molecule has 116 valence electrons. The first-order chi connectivity index (χ1) is 10.4. The minimum absolute atomic E-state index is 0.0440. The van der Waals surface area contributed by atoms with Gasteiger partial charge in [-0.05, 0) is 17.7 Å². The van der Waals surface area contributed by atoms with Gasteiger partial charge in [-0.1, -0.05) is 36.4 Å². The molecule has 0 aliphatic heterocycles. The van der Waals surface area contributed by atoms with Crippen molar-refractivity contribution in [3.8, 4) is 5.75 Å². The largest absolute Gasteiger partial charge is 0.488 e. The van der Waals surface area contributed by atoms with Crippen LogP contribution in [-0.2, 0) is 12.8 Å². The molecule has 2 aromatic carbocycles. The van der Waals surface area contributed by atoms with Crippen LogP contribution >= 0.6 is 0 Å². The molecule has 7 heteroatoms. The Bertz CT molecular complexity index is 658. The maximum atomic E-state index is 13.2. The number of hydrogen-bond acceptors (Lipinski definition) is 3. The molecule has 0 unspecified atom stereocenters. The van der Waals surface area contributed by atoms with Gasteiger partial charge in [0.15, 0.2) is 0 Å². The van der Waals surface area contributed by atoms with Crippen LogP contribution in [0.3, 0.4) is 0 Å². The Kier molecular flexibility index (Phi) is 4.67. The van der Waals surface area contributed by atoms with E-state index in [-0.39, 0.29) is 6.61 Å². The Hall–Kier alpha value is -2.54. The number of carbonyl (C=O) groups excluding carboxylic acids is 1. The number of carbonyl (C=O) groups is 1. The molecule has 3 N–H and O–H groups in total. The zero-order valence-electron chi connectivity index (χ0n) is 11.4. The normalized spacial score (nSPS) is 11.1. The number of ether oxygens (including phenoxy) is 1. The van der Waals surface area contributed by atoms with E-state index >= 15 is 0 Å². The van der Waals surface area contributed by atoms with E-state index in [1.165, 1.54) is 12.1 Å². The Balaban J connectivity index is 2.36. The first kappa shape index (κ1) is 15.8. The molecule has 0 heterocycles. The Morgan fingerprint density at radius 3 is 2.36 bits per heavy atom. The van der Waals surface area contributed by atoms with Gasteiger partial charge in [-0.15, -0.1) is 0 Å². The number of rotatable bonds is 4. The van der Waals surface area contributed by atoms with E-state index in [1.54, 1.807) is 35.8 Å². The number of nitrogen functional groups attached to an aromatic ring is 1. The Morgan fingerprint density at radius 1 is 1.09 bits per heavy atom. The maximum absolute atomic E-state index is 13.2. The summed E-state index contributed by atoms with van der Waals surface area (Å²) >= 11 is 0. The van der Waals surface area contributed by atoms with Crippen molar-refractivity contribution >= 4 is 5.91 Å². The summed E-state index contributed by atoms with van der Waals surface area (Å²) in [6.07, 6.45) is -4.74. The predicted molar refractivity (Wildman–Crippen MR) is 73.9 cm³/mol. The molecular weight excluding hydrogens is 297 g/mol. The molecule has 0 aliphatic carbocycles. The molecule has 0 saturated carbocycles. The van der Waals surface area contributed by atoms with Gasteiger partial charge in [-0.25, -0.2) is 5.84 Å². The minimum Gasteiger partial charge on any atom is -0.488 e. The number of halogens is 3. The van der Waals surface area contributed by atoms with Gasteiger partial charge in [-0.3, -0.25) is 10.2 Å². The fourth-order valence-electron chi connectivity index (χ4n) is 1.95. The van der Waals surface area contributed by atoms with Crippen LogP contribution in [0.25, 0.3) is 0 Å². The maximum Gasteiger partial charge on any atom is 0.420 e. The number of benzene rings is 2. The SMILES string of the molecule is NNC(=O)c1cccc(OCc2ccccc2)c1C(F)(F)F. The molecule has 0 saturated heterocycles. The minimum atomic E-state index is -4.74. The summed E-state index contributed by atoms with van der Waals surface area (Å²) in [5.41, 5.74) is 0.685. The molecule has 0 aromatic heterocycles. The summed E-state index contributed by atoms with van der Waals surface area (Å²) in [6, 6.07) is 12.3.